The van der Waals surface area contributed by atoms with Crippen molar-refractivity contribution in [2.24, 2.45) is 0 Å². The fourth-order valence-corrected chi connectivity index (χ4v) is 2.63. The van der Waals surface area contributed by atoms with Gasteiger partial charge in [-0.2, -0.15) is 11.8 Å². The number of thiophene rings is 1. The molecule has 0 aliphatic heterocycles. The molecule has 1 heterocycles. The SMILES string of the molecule is COC(=O)C(CSC)c1cccs1. The van der Waals surface area contributed by atoms with Crippen LogP contribution in [0.2, 0.25) is 0 Å². The van der Waals surface area contributed by atoms with Crippen LogP contribution in [0.1, 0.15) is 10.8 Å². The summed E-state index contributed by atoms with van der Waals surface area (Å²) in [6.07, 6.45) is 1.99. The second-order valence-electron chi connectivity index (χ2n) is 2.55. The number of rotatable bonds is 4. The molecule has 72 valence electrons. The van der Waals surface area contributed by atoms with Gasteiger partial charge in [0.05, 0.1) is 7.11 Å². The second-order valence-corrected chi connectivity index (χ2v) is 4.44. The van der Waals surface area contributed by atoms with E-state index in [-0.39, 0.29) is 11.9 Å². The molecule has 0 amide bonds. The molecular weight excluding hydrogens is 204 g/mol. The minimum Gasteiger partial charge on any atom is -0.469 e. The maximum Gasteiger partial charge on any atom is 0.314 e. The van der Waals surface area contributed by atoms with Crippen molar-refractivity contribution in [3.05, 3.63) is 22.4 Å². The lowest BCUT2D eigenvalue weighted by Gasteiger charge is -2.10. The van der Waals surface area contributed by atoms with Crippen LogP contribution in [0.15, 0.2) is 17.5 Å². The number of methoxy groups -OCH3 is 1. The van der Waals surface area contributed by atoms with Gasteiger partial charge in [0.2, 0.25) is 0 Å². The van der Waals surface area contributed by atoms with E-state index < -0.39 is 0 Å². The zero-order chi connectivity index (χ0) is 9.68. The van der Waals surface area contributed by atoms with Crippen LogP contribution in [-0.2, 0) is 9.53 Å². The highest BCUT2D eigenvalue weighted by molar-refractivity contribution is 7.98. The van der Waals surface area contributed by atoms with Crippen molar-refractivity contribution in [2.45, 2.75) is 5.92 Å². The van der Waals surface area contributed by atoms with Crippen molar-refractivity contribution in [3.63, 3.8) is 0 Å². The lowest BCUT2D eigenvalue weighted by atomic mass is 10.1. The largest absolute Gasteiger partial charge is 0.469 e. The van der Waals surface area contributed by atoms with Crippen LogP contribution in [0, 0.1) is 0 Å². The van der Waals surface area contributed by atoms with Crippen molar-refractivity contribution in [2.75, 3.05) is 19.1 Å². The first kappa shape index (κ1) is 10.6. The number of carbonyl (C=O) groups excluding carboxylic acids is 1. The summed E-state index contributed by atoms with van der Waals surface area (Å²) in [7, 11) is 1.43. The van der Waals surface area contributed by atoms with Gasteiger partial charge in [-0.15, -0.1) is 11.3 Å². The Labute approximate surface area is 86.3 Å². The number of esters is 1. The molecule has 1 aromatic heterocycles. The standard InChI is InChI=1S/C9H12O2S2/c1-11-9(10)7(6-12-2)8-4-3-5-13-8/h3-5,7H,6H2,1-2H3. The van der Waals surface area contributed by atoms with Gasteiger partial charge in [0.25, 0.3) is 0 Å². The van der Waals surface area contributed by atoms with Crippen LogP contribution >= 0.6 is 23.1 Å². The number of thioether (sulfide) groups is 1. The number of hydrogen-bond acceptors (Lipinski definition) is 4. The van der Waals surface area contributed by atoms with Crippen LogP contribution in [0.25, 0.3) is 0 Å². The molecule has 0 saturated heterocycles. The van der Waals surface area contributed by atoms with Crippen LogP contribution < -0.4 is 0 Å². The predicted molar refractivity (Wildman–Crippen MR) is 57.5 cm³/mol. The molecule has 0 fully saturated rings. The Hall–Kier alpha value is -0.480. The Morgan fingerprint density at radius 1 is 1.77 bits per heavy atom. The molecule has 0 bridgehead atoms. The predicted octanol–water partition coefficient (Wildman–Crippen LogP) is 2.37. The van der Waals surface area contributed by atoms with Gasteiger partial charge < -0.3 is 4.74 Å². The Balaban J connectivity index is 2.74. The van der Waals surface area contributed by atoms with Crippen LogP contribution in [0.3, 0.4) is 0 Å². The zero-order valence-corrected chi connectivity index (χ0v) is 9.28. The first-order valence-corrected chi connectivity index (χ1v) is 6.17. The molecule has 1 atom stereocenters. The minimum absolute atomic E-state index is 0.0972. The molecule has 2 nitrogen and oxygen atoms in total. The molecule has 1 unspecified atom stereocenters. The average Bonchev–Trinajstić information content (AvgIpc) is 2.65. The highest BCUT2D eigenvalue weighted by Gasteiger charge is 2.21. The van der Waals surface area contributed by atoms with Crippen LogP contribution in [0.5, 0.6) is 0 Å². The molecule has 0 aromatic carbocycles. The first-order chi connectivity index (χ1) is 6.29. The lowest BCUT2D eigenvalue weighted by Crippen LogP contribution is -2.15. The van der Waals surface area contributed by atoms with Gasteiger partial charge >= 0.3 is 5.97 Å². The molecule has 13 heavy (non-hydrogen) atoms. The Kier molecular flexibility index (Phi) is 4.32. The van der Waals surface area contributed by atoms with Gasteiger partial charge in [-0.05, 0) is 17.7 Å². The number of hydrogen-bond donors (Lipinski definition) is 0. The van der Waals surface area contributed by atoms with E-state index in [1.54, 1.807) is 23.1 Å². The van der Waals surface area contributed by atoms with Gasteiger partial charge in [-0.3, -0.25) is 4.79 Å². The average molecular weight is 216 g/mol. The molecular formula is C9H12O2S2. The summed E-state index contributed by atoms with van der Waals surface area (Å²) in [6.45, 7) is 0. The lowest BCUT2D eigenvalue weighted by molar-refractivity contribution is -0.141. The molecule has 0 saturated carbocycles. The fourth-order valence-electron chi connectivity index (χ4n) is 1.06. The van der Waals surface area contributed by atoms with E-state index in [4.69, 9.17) is 4.74 Å². The van der Waals surface area contributed by atoms with Crippen molar-refractivity contribution in [1.29, 1.82) is 0 Å². The highest BCUT2D eigenvalue weighted by atomic mass is 32.2. The summed E-state index contributed by atoms with van der Waals surface area (Å²) in [5, 5.41) is 1.98. The third kappa shape index (κ3) is 2.74. The molecule has 1 aromatic rings. The zero-order valence-electron chi connectivity index (χ0n) is 7.65. The minimum atomic E-state index is -0.142. The highest BCUT2D eigenvalue weighted by Crippen LogP contribution is 2.25. The van der Waals surface area contributed by atoms with Gasteiger partial charge in [-0.1, -0.05) is 6.07 Å². The summed E-state index contributed by atoms with van der Waals surface area (Å²) in [5.41, 5.74) is 0. The normalized spacial score (nSPS) is 12.5. The summed E-state index contributed by atoms with van der Waals surface area (Å²) in [4.78, 5) is 12.5. The van der Waals surface area contributed by atoms with E-state index in [0.29, 0.717) is 0 Å². The molecule has 0 radical (unpaired) electrons. The number of ether oxygens (including phenoxy) is 1. The fraction of sp³-hybridized carbons (Fsp3) is 0.444. The molecule has 0 spiro atoms. The Morgan fingerprint density at radius 3 is 3.00 bits per heavy atom. The van der Waals surface area contributed by atoms with E-state index in [0.717, 1.165) is 10.6 Å². The van der Waals surface area contributed by atoms with E-state index >= 15 is 0 Å². The third-order valence-corrected chi connectivity index (χ3v) is 3.36. The molecule has 1 rings (SSSR count). The van der Waals surface area contributed by atoms with E-state index in [1.165, 1.54) is 7.11 Å². The smallest absolute Gasteiger partial charge is 0.314 e. The van der Waals surface area contributed by atoms with Crippen molar-refractivity contribution < 1.29 is 9.53 Å². The summed E-state index contributed by atoms with van der Waals surface area (Å²) < 4.78 is 4.74. The molecule has 0 aliphatic carbocycles. The monoisotopic (exact) mass is 216 g/mol. The quantitative estimate of drug-likeness (QED) is 0.723. The van der Waals surface area contributed by atoms with Crippen molar-refractivity contribution in [3.8, 4) is 0 Å². The molecule has 4 heteroatoms. The first-order valence-electron chi connectivity index (χ1n) is 3.89. The van der Waals surface area contributed by atoms with Gasteiger partial charge in [0.15, 0.2) is 0 Å². The topological polar surface area (TPSA) is 26.3 Å². The molecule has 0 aliphatic rings. The molecule has 0 N–H and O–H groups in total. The third-order valence-electron chi connectivity index (χ3n) is 1.71. The van der Waals surface area contributed by atoms with Gasteiger partial charge in [-0.25, -0.2) is 0 Å². The van der Waals surface area contributed by atoms with Crippen molar-refractivity contribution in [1.82, 2.24) is 0 Å². The maximum absolute atomic E-state index is 11.4. The van der Waals surface area contributed by atoms with Crippen LogP contribution in [-0.4, -0.2) is 25.1 Å². The van der Waals surface area contributed by atoms with E-state index in [1.807, 2.05) is 23.8 Å². The van der Waals surface area contributed by atoms with Crippen molar-refractivity contribution >= 4 is 29.1 Å². The van der Waals surface area contributed by atoms with E-state index in [9.17, 15) is 4.79 Å². The van der Waals surface area contributed by atoms with Gasteiger partial charge in [0, 0.05) is 10.6 Å². The van der Waals surface area contributed by atoms with E-state index in [2.05, 4.69) is 0 Å². The maximum atomic E-state index is 11.4. The summed E-state index contributed by atoms with van der Waals surface area (Å²) in [5.74, 6) is 0.546. The Morgan fingerprint density at radius 2 is 2.54 bits per heavy atom. The number of carbonyl (C=O) groups is 1. The second kappa shape index (κ2) is 5.29. The summed E-state index contributed by atoms with van der Waals surface area (Å²) in [6, 6.07) is 3.93. The Bertz CT molecular complexity index is 257. The summed E-state index contributed by atoms with van der Waals surface area (Å²) >= 11 is 3.26. The van der Waals surface area contributed by atoms with Crippen LogP contribution in [0.4, 0.5) is 0 Å². The van der Waals surface area contributed by atoms with Gasteiger partial charge in [0.1, 0.15) is 5.92 Å².